The molecular formula is C8H9NO5. The first-order valence-corrected chi connectivity index (χ1v) is 3.81. The Bertz CT molecular complexity index is 368. The number of hydrogen-bond donors (Lipinski definition) is 1. The largest absolute Gasteiger partial charge is 0.481 e. The van der Waals surface area contributed by atoms with Gasteiger partial charge in [-0.15, -0.1) is 0 Å². The summed E-state index contributed by atoms with van der Waals surface area (Å²) in [5, 5.41) is 12.0. The number of aryl methyl sites for hydroxylation is 1. The van der Waals surface area contributed by atoms with E-state index in [2.05, 4.69) is 9.89 Å². The van der Waals surface area contributed by atoms with Crippen LogP contribution in [-0.2, 0) is 16.0 Å². The Balaban J connectivity index is 3.05. The van der Waals surface area contributed by atoms with Crippen molar-refractivity contribution in [3.8, 4) is 0 Å². The molecule has 0 aliphatic rings. The molecule has 14 heavy (non-hydrogen) atoms. The second-order valence-corrected chi connectivity index (χ2v) is 2.62. The fourth-order valence-corrected chi connectivity index (χ4v) is 1.05. The van der Waals surface area contributed by atoms with Gasteiger partial charge in [0, 0.05) is 0 Å². The molecular weight excluding hydrogens is 190 g/mol. The lowest BCUT2D eigenvalue weighted by Gasteiger charge is -1.97. The smallest absolute Gasteiger partial charge is 0.343 e. The minimum atomic E-state index is -1.08. The third kappa shape index (κ3) is 1.90. The molecule has 1 N–H and O–H groups in total. The van der Waals surface area contributed by atoms with Crippen LogP contribution in [0, 0.1) is 6.92 Å². The van der Waals surface area contributed by atoms with Crippen LogP contribution in [0.5, 0.6) is 0 Å². The van der Waals surface area contributed by atoms with Crippen LogP contribution in [0.25, 0.3) is 0 Å². The maximum Gasteiger partial charge on any atom is 0.343 e. The number of aliphatic carboxylic acids is 1. The van der Waals surface area contributed by atoms with Gasteiger partial charge < -0.3 is 14.4 Å². The Morgan fingerprint density at radius 2 is 2.21 bits per heavy atom. The number of nitrogens with zero attached hydrogens (tertiary/aromatic N) is 1. The highest BCUT2D eigenvalue weighted by Gasteiger charge is 2.22. The number of esters is 1. The van der Waals surface area contributed by atoms with Gasteiger partial charge in [-0.3, -0.25) is 4.79 Å². The van der Waals surface area contributed by atoms with E-state index in [1.165, 1.54) is 14.0 Å². The van der Waals surface area contributed by atoms with Gasteiger partial charge in [0.1, 0.15) is 17.0 Å². The maximum absolute atomic E-state index is 11.2. The third-order valence-electron chi connectivity index (χ3n) is 1.64. The minimum Gasteiger partial charge on any atom is -0.481 e. The van der Waals surface area contributed by atoms with Gasteiger partial charge in [0.2, 0.25) is 0 Å². The molecule has 0 spiro atoms. The minimum absolute atomic E-state index is 0.0850. The highest BCUT2D eigenvalue weighted by molar-refractivity contribution is 5.92. The monoisotopic (exact) mass is 199 g/mol. The highest BCUT2D eigenvalue weighted by Crippen LogP contribution is 2.14. The van der Waals surface area contributed by atoms with E-state index in [9.17, 15) is 9.59 Å². The molecule has 0 saturated carbocycles. The molecule has 1 rings (SSSR count). The molecule has 0 fully saturated rings. The summed E-state index contributed by atoms with van der Waals surface area (Å²) in [6.45, 7) is 1.52. The van der Waals surface area contributed by atoms with E-state index in [-0.39, 0.29) is 23.4 Å². The Hall–Kier alpha value is -1.85. The summed E-state index contributed by atoms with van der Waals surface area (Å²) in [5.41, 5.74) is 0.178. The first kappa shape index (κ1) is 10.2. The molecule has 0 amide bonds. The maximum atomic E-state index is 11.2. The number of carboxylic acids is 1. The van der Waals surface area contributed by atoms with Gasteiger partial charge in [-0.05, 0) is 6.92 Å². The van der Waals surface area contributed by atoms with Crippen LogP contribution in [0.2, 0.25) is 0 Å². The quantitative estimate of drug-likeness (QED) is 0.708. The van der Waals surface area contributed by atoms with E-state index in [0.29, 0.717) is 0 Å². The summed E-state index contributed by atoms with van der Waals surface area (Å²) in [6, 6.07) is 0. The molecule has 0 aromatic carbocycles. The molecule has 1 aromatic heterocycles. The normalized spacial score (nSPS) is 9.86. The number of carboxylic acid groups (broad SMARTS) is 1. The molecule has 0 radical (unpaired) electrons. The molecule has 0 bridgehead atoms. The van der Waals surface area contributed by atoms with Gasteiger partial charge in [-0.25, -0.2) is 4.79 Å². The van der Waals surface area contributed by atoms with Crippen molar-refractivity contribution in [1.29, 1.82) is 0 Å². The number of aromatic nitrogens is 1. The molecule has 1 heterocycles. The molecule has 0 aliphatic carbocycles. The lowest BCUT2D eigenvalue weighted by Crippen LogP contribution is -2.09. The summed E-state index contributed by atoms with van der Waals surface area (Å²) in [7, 11) is 1.21. The summed E-state index contributed by atoms with van der Waals surface area (Å²) in [5.74, 6) is -1.46. The van der Waals surface area contributed by atoms with Crippen molar-refractivity contribution in [3.05, 3.63) is 17.0 Å². The standard InChI is InChI=1S/C8H9NO5/c1-4-7(8(12)13-2)5(9-14-4)3-6(10)11/h3H2,1-2H3,(H,10,11). The predicted molar refractivity (Wildman–Crippen MR) is 43.9 cm³/mol. The number of ether oxygens (including phenoxy) is 1. The summed E-state index contributed by atoms with van der Waals surface area (Å²) >= 11 is 0. The van der Waals surface area contributed by atoms with Crippen LogP contribution in [0.15, 0.2) is 4.52 Å². The fraction of sp³-hybridized carbons (Fsp3) is 0.375. The topological polar surface area (TPSA) is 89.6 Å². The SMILES string of the molecule is COC(=O)c1c(CC(=O)O)noc1C. The van der Waals surface area contributed by atoms with Crippen molar-refractivity contribution in [2.75, 3.05) is 7.11 Å². The van der Waals surface area contributed by atoms with E-state index in [1.54, 1.807) is 0 Å². The van der Waals surface area contributed by atoms with Gasteiger partial charge in [0.15, 0.2) is 0 Å². The Labute approximate surface area is 79.5 Å². The van der Waals surface area contributed by atoms with Gasteiger partial charge >= 0.3 is 11.9 Å². The van der Waals surface area contributed by atoms with Crippen molar-refractivity contribution < 1.29 is 24.0 Å². The summed E-state index contributed by atoms with van der Waals surface area (Å²) in [4.78, 5) is 21.6. The van der Waals surface area contributed by atoms with Crippen LogP contribution in [0.3, 0.4) is 0 Å². The Kier molecular flexibility index (Phi) is 2.85. The Morgan fingerprint density at radius 1 is 1.57 bits per heavy atom. The van der Waals surface area contributed by atoms with Gasteiger partial charge in [0.25, 0.3) is 0 Å². The average Bonchev–Trinajstić information content (AvgIpc) is 2.45. The van der Waals surface area contributed by atoms with E-state index in [0.717, 1.165) is 0 Å². The zero-order valence-electron chi connectivity index (χ0n) is 7.73. The summed E-state index contributed by atoms with van der Waals surface area (Å²) in [6.07, 6.45) is -0.359. The lowest BCUT2D eigenvalue weighted by atomic mass is 10.1. The molecule has 0 saturated heterocycles. The molecule has 1 aromatic rings. The van der Waals surface area contributed by atoms with Crippen molar-refractivity contribution in [3.63, 3.8) is 0 Å². The van der Waals surface area contributed by atoms with Crippen LogP contribution in [0.4, 0.5) is 0 Å². The molecule has 0 unspecified atom stereocenters. The van der Waals surface area contributed by atoms with Gasteiger partial charge in [-0.2, -0.15) is 0 Å². The van der Waals surface area contributed by atoms with Crippen molar-refractivity contribution >= 4 is 11.9 Å². The number of carbonyl (C=O) groups excluding carboxylic acids is 1. The van der Waals surface area contributed by atoms with Crippen molar-refractivity contribution in [2.45, 2.75) is 13.3 Å². The molecule has 0 aliphatic heterocycles. The predicted octanol–water partition coefficient (Wildman–Crippen LogP) is 0.397. The van der Waals surface area contributed by atoms with E-state index in [1.807, 2.05) is 0 Å². The van der Waals surface area contributed by atoms with Gasteiger partial charge in [0.05, 0.1) is 13.5 Å². The third-order valence-corrected chi connectivity index (χ3v) is 1.64. The van der Waals surface area contributed by atoms with Crippen molar-refractivity contribution in [1.82, 2.24) is 5.16 Å². The number of carbonyl (C=O) groups is 2. The number of hydrogen-bond acceptors (Lipinski definition) is 5. The van der Waals surface area contributed by atoms with E-state index < -0.39 is 11.9 Å². The molecule has 76 valence electrons. The van der Waals surface area contributed by atoms with E-state index in [4.69, 9.17) is 9.63 Å². The lowest BCUT2D eigenvalue weighted by molar-refractivity contribution is -0.136. The van der Waals surface area contributed by atoms with Crippen LogP contribution < -0.4 is 0 Å². The second-order valence-electron chi connectivity index (χ2n) is 2.62. The van der Waals surface area contributed by atoms with Crippen molar-refractivity contribution in [2.24, 2.45) is 0 Å². The average molecular weight is 199 g/mol. The zero-order chi connectivity index (χ0) is 10.7. The molecule has 0 atom stereocenters. The summed E-state index contributed by atoms with van der Waals surface area (Å²) < 4.78 is 9.17. The second kappa shape index (κ2) is 3.91. The zero-order valence-corrected chi connectivity index (χ0v) is 7.73. The van der Waals surface area contributed by atoms with Crippen LogP contribution >= 0.6 is 0 Å². The first-order chi connectivity index (χ1) is 6.56. The number of rotatable bonds is 3. The van der Waals surface area contributed by atoms with Crippen LogP contribution in [-0.4, -0.2) is 29.3 Å². The molecule has 6 heteroatoms. The molecule has 6 nitrogen and oxygen atoms in total. The van der Waals surface area contributed by atoms with Gasteiger partial charge in [-0.1, -0.05) is 5.16 Å². The number of methoxy groups -OCH3 is 1. The highest BCUT2D eigenvalue weighted by atomic mass is 16.5. The fourth-order valence-electron chi connectivity index (χ4n) is 1.05. The van der Waals surface area contributed by atoms with Crippen LogP contribution in [0.1, 0.15) is 21.8 Å². The Morgan fingerprint density at radius 3 is 2.71 bits per heavy atom. The first-order valence-electron chi connectivity index (χ1n) is 3.81. The van der Waals surface area contributed by atoms with E-state index >= 15 is 0 Å².